The largest absolute Gasteiger partial charge is 0.439 e. The SMILES string of the molecule is Cc1cc(=O)c(C(=O)Nc2ccc(Oc3cccc(C(N)=O)c3)nc2)nn1-c1ccccc1[N+](=O)[O-]. The number of nitro groups is 1. The predicted octanol–water partition coefficient (Wildman–Crippen LogP) is 2.99. The van der Waals surface area contributed by atoms with Crippen LogP contribution in [0.15, 0.2) is 77.7 Å². The molecular formula is C24H18N6O6. The fourth-order valence-electron chi connectivity index (χ4n) is 3.28. The summed E-state index contributed by atoms with van der Waals surface area (Å²) in [6.07, 6.45) is 1.31. The van der Waals surface area contributed by atoms with Gasteiger partial charge in [0.15, 0.2) is 5.69 Å². The summed E-state index contributed by atoms with van der Waals surface area (Å²) in [5.74, 6) is -0.897. The van der Waals surface area contributed by atoms with Crippen LogP contribution in [0.2, 0.25) is 0 Å². The number of ether oxygens (including phenoxy) is 1. The Labute approximate surface area is 203 Å². The van der Waals surface area contributed by atoms with E-state index in [-0.39, 0.29) is 28.5 Å². The highest BCUT2D eigenvalue weighted by atomic mass is 16.6. The second-order valence-electron chi connectivity index (χ2n) is 7.49. The van der Waals surface area contributed by atoms with Crippen molar-refractivity contribution in [1.29, 1.82) is 0 Å². The maximum Gasteiger partial charge on any atom is 0.294 e. The van der Waals surface area contributed by atoms with Gasteiger partial charge < -0.3 is 15.8 Å². The zero-order valence-electron chi connectivity index (χ0n) is 18.7. The van der Waals surface area contributed by atoms with Crippen LogP contribution in [-0.4, -0.2) is 31.5 Å². The Balaban J connectivity index is 1.55. The van der Waals surface area contributed by atoms with Gasteiger partial charge >= 0.3 is 0 Å². The molecule has 0 fully saturated rings. The number of carbonyl (C=O) groups is 2. The molecule has 0 bridgehead atoms. The number of primary amides is 1. The number of amides is 2. The summed E-state index contributed by atoms with van der Waals surface area (Å²) < 4.78 is 6.76. The molecule has 2 amide bonds. The Morgan fingerprint density at radius 3 is 2.56 bits per heavy atom. The lowest BCUT2D eigenvalue weighted by molar-refractivity contribution is -0.384. The van der Waals surface area contributed by atoms with Gasteiger partial charge in [-0.2, -0.15) is 5.10 Å². The molecule has 0 aliphatic heterocycles. The van der Waals surface area contributed by atoms with Crippen molar-refractivity contribution in [3.63, 3.8) is 0 Å². The van der Waals surface area contributed by atoms with Crippen molar-refractivity contribution in [2.75, 3.05) is 5.32 Å². The van der Waals surface area contributed by atoms with Crippen LogP contribution in [0.5, 0.6) is 11.6 Å². The van der Waals surface area contributed by atoms with E-state index in [4.69, 9.17) is 10.5 Å². The summed E-state index contributed by atoms with van der Waals surface area (Å²) >= 11 is 0. The van der Waals surface area contributed by atoms with Gasteiger partial charge in [0.25, 0.3) is 11.6 Å². The van der Waals surface area contributed by atoms with E-state index in [0.717, 1.165) is 0 Å². The minimum Gasteiger partial charge on any atom is -0.439 e. The number of benzene rings is 2. The number of para-hydroxylation sites is 2. The first-order valence-electron chi connectivity index (χ1n) is 10.4. The zero-order chi connectivity index (χ0) is 25.8. The molecule has 0 saturated heterocycles. The monoisotopic (exact) mass is 486 g/mol. The van der Waals surface area contributed by atoms with Crippen molar-refractivity contribution in [2.45, 2.75) is 6.92 Å². The average molecular weight is 486 g/mol. The van der Waals surface area contributed by atoms with E-state index >= 15 is 0 Å². The molecule has 4 rings (SSSR count). The van der Waals surface area contributed by atoms with Crippen LogP contribution < -0.4 is 21.2 Å². The minimum atomic E-state index is -0.822. The predicted molar refractivity (Wildman–Crippen MR) is 128 cm³/mol. The van der Waals surface area contributed by atoms with E-state index in [1.165, 1.54) is 53.3 Å². The second-order valence-corrected chi connectivity index (χ2v) is 7.49. The number of hydrogen-bond donors (Lipinski definition) is 2. The van der Waals surface area contributed by atoms with Gasteiger partial charge in [-0.25, -0.2) is 9.67 Å². The van der Waals surface area contributed by atoms with Crippen molar-refractivity contribution >= 4 is 23.2 Å². The Hall–Kier alpha value is -5.39. The number of carbonyl (C=O) groups excluding carboxylic acids is 2. The molecular weight excluding hydrogens is 468 g/mol. The van der Waals surface area contributed by atoms with Gasteiger partial charge in [-0.1, -0.05) is 18.2 Å². The summed E-state index contributed by atoms with van der Waals surface area (Å²) in [6, 6.07) is 16.2. The smallest absolute Gasteiger partial charge is 0.294 e. The third kappa shape index (κ3) is 5.07. The minimum absolute atomic E-state index is 0.109. The second kappa shape index (κ2) is 9.85. The molecule has 3 N–H and O–H groups in total. The number of nitrogens with zero attached hydrogens (tertiary/aromatic N) is 4. The maximum atomic E-state index is 12.8. The van der Waals surface area contributed by atoms with E-state index in [2.05, 4.69) is 15.4 Å². The molecule has 2 heterocycles. The number of nitrogens with two attached hydrogens (primary N) is 1. The van der Waals surface area contributed by atoms with Gasteiger partial charge in [0.05, 0.1) is 16.8 Å². The van der Waals surface area contributed by atoms with Crippen LogP contribution in [0.1, 0.15) is 26.5 Å². The van der Waals surface area contributed by atoms with Crippen molar-refractivity contribution in [3.05, 3.63) is 110 Å². The van der Waals surface area contributed by atoms with Gasteiger partial charge in [0, 0.05) is 29.5 Å². The van der Waals surface area contributed by atoms with E-state index in [0.29, 0.717) is 11.4 Å². The Morgan fingerprint density at radius 2 is 1.86 bits per heavy atom. The first kappa shape index (κ1) is 23.8. The average Bonchev–Trinajstić information content (AvgIpc) is 2.85. The number of nitro benzene ring substituents is 1. The molecule has 180 valence electrons. The number of hydrogen-bond acceptors (Lipinski definition) is 8. The number of pyridine rings is 1. The molecule has 0 aliphatic carbocycles. The van der Waals surface area contributed by atoms with Gasteiger partial charge in [-0.15, -0.1) is 0 Å². The van der Waals surface area contributed by atoms with Crippen molar-refractivity contribution < 1.29 is 19.2 Å². The number of aryl methyl sites for hydroxylation is 1. The van der Waals surface area contributed by atoms with Crippen molar-refractivity contribution in [1.82, 2.24) is 14.8 Å². The molecule has 0 unspecified atom stereocenters. The third-order valence-electron chi connectivity index (χ3n) is 4.96. The first-order chi connectivity index (χ1) is 17.2. The van der Waals surface area contributed by atoms with Gasteiger partial charge in [-0.3, -0.25) is 24.5 Å². The molecule has 2 aromatic carbocycles. The molecule has 4 aromatic rings. The molecule has 0 spiro atoms. The number of nitrogens with one attached hydrogen (secondary N) is 1. The Kier molecular flexibility index (Phi) is 6.50. The maximum absolute atomic E-state index is 12.8. The third-order valence-corrected chi connectivity index (χ3v) is 4.96. The molecule has 36 heavy (non-hydrogen) atoms. The number of aromatic nitrogens is 3. The fourth-order valence-corrected chi connectivity index (χ4v) is 3.28. The summed E-state index contributed by atoms with van der Waals surface area (Å²) in [5, 5.41) is 18.0. The van der Waals surface area contributed by atoms with Crippen molar-refractivity contribution in [2.24, 2.45) is 5.73 Å². The standard InChI is InChI=1S/C24H18N6O6/c1-14-11-20(31)22(28-29(14)18-7-2-3-8-19(18)30(34)35)24(33)27-16-9-10-21(26-13-16)36-17-6-4-5-15(12-17)23(25)32/h2-13H,1H3,(H2,25,32)(H,27,33). The van der Waals surface area contributed by atoms with Crippen LogP contribution in [-0.2, 0) is 0 Å². The lowest BCUT2D eigenvalue weighted by Crippen LogP contribution is -2.27. The van der Waals surface area contributed by atoms with Crippen LogP contribution in [0.25, 0.3) is 5.69 Å². The summed E-state index contributed by atoms with van der Waals surface area (Å²) in [4.78, 5) is 51.5. The number of anilines is 1. The van der Waals surface area contributed by atoms with Crippen LogP contribution in [0.4, 0.5) is 11.4 Å². The van der Waals surface area contributed by atoms with E-state index in [1.54, 1.807) is 31.2 Å². The molecule has 0 aliphatic rings. The highest BCUT2D eigenvalue weighted by molar-refractivity contribution is 6.02. The molecule has 12 nitrogen and oxygen atoms in total. The summed E-state index contributed by atoms with van der Waals surface area (Å²) in [6.45, 7) is 1.55. The van der Waals surface area contributed by atoms with E-state index in [9.17, 15) is 24.5 Å². The normalized spacial score (nSPS) is 10.5. The van der Waals surface area contributed by atoms with Gasteiger partial charge in [-0.05, 0) is 37.3 Å². The molecule has 0 atom stereocenters. The lowest BCUT2D eigenvalue weighted by Gasteiger charge is -2.12. The van der Waals surface area contributed by atoms with Crippen molar-refractivity contribution in [3.8, 4) is 17.3 Å². The molecule has 12 heteroatoms. The topological polar surface area (TPSA) is 172 Å². The van der Waals surface area contributed by atoms with Crippen LogP contribution >= 0.6 is 0 Å². The fraction of sp³-hybridized carbons (Fsp3) is 0.0417. The Bertz CT molecular complexity index is 1550. The van der Waals surface area contributed by atoms with E-state index in [1.807, 2.05) is 0 Å². The quantitative estimate of drug-likeness (QED) is 0.296. The van der Waals surface area contributed by atoms with Crippen LogP contribution in [0, 0.1) is 17.0 Å². The number of rotatable bonds is 7. The molecule has 0 saturated carbocycles. The highest BCUT2D eigenvalue weighted by Gasteiger charge is 2.20. The van der Waals surface area contributed by atoms with Crippen LogP contribution in [0.3, 0.4) is 0 Å². The van der Waals surface area contributed by atoms with Gasteiger partial charge in [0.2, 0.25) is 17.2 Å². The van der Waals surface area contributed by atoms with Gasteiger partial charge in [0.1, 0.15) is 11.4 Å². The van der Waals surface area contributed by atoms with E-state index < -0.39 is 27.9 Å². The molecule has 0 radical (unpaired) electrons. The lowest BCUT2D eigenvalue weighted by atomic mass is 10.2. The first-order valence-corrected chi connectivity index (χ1v) is 10.4. The Morgan fingerprint density at radius 1 is 1.08 bits per heavy atom. The summed E-state index contributed by atoms with van der Waals surface area (Å²) in [5.41, 5.74) is 4.87. The summed E-state index contributed by atoms with van der Waals surface area (Å²) in [7, 11) is 0. The zero-order valence-corrected chi connectivity index (χ0v) is 18.7. The molecule has 2 aromatic heterocycles. The highest BCUT2D eigenvalue weighted by Crippen LogP contribution is 2.23.